The molecule has 0 aliphatic heterocycles. The Morgan fingerprint density at radius 1 is 1.47 bits per heavy atom. The lowest BCUT2D eigenvalue weighted by molar-refractivity contribution is 0.257. The first kappa shape index (κ1) is 11.7. The highest BCUT2D eigenvalue weighted by Crippen LogP contribution is 2.24. The highest BCUT2D eigenvalue weighted by Gasteiger charge is 2.11. The molecule has 2 amide bonds. The highest BCUT2D eigenvalue weighted by molar-refractivity contribution is 8.01. The number of rotatable bonds is 4. The minimum absolute atomic E-state index is 0.466. The molecule has 0 radical (unpaired) electrons. The van der Waals surface area contributed by atoms with Gasteiger partial charge in [0.2, 0.25) is 0 Å². The number of nitrogens with zero attached hydrogens (tertiary/aromatic N) is 1. The third-order valence-electron chi connectivity index (χ3n) is 1.77. The largest absolute Gasteiger partial charge is 0.497 e. The smallest absolute Gasteiger partial charge is 0.329 e. The van der Waals surface area contributed by atoms with Crippen molar-refractivity contribution in [1.82, 2.24) is 0 Å². The van der Waals surface area contributed by atoms with Crippen LogP contribution in [0.4, 0.5) is 10.5 Å². The average molecular weight is 226 g/mol. The molecule has 0 saturated carbocycles. The number of nitrogens with two attached hydrogens (primary N) is 1. The Balaban J connectivity index is 2.86. The summed E-state index contributed by atoms with van der Waals surface area (Å²) in [4.78, 5) is 11.1. The molecular formula is C10H14N2O2S. The van der Waals surface area contributed by atoms with Crippen molar-refractivity contribution in [2.45, 2.75) is 6.92 Å². The summed E-state index contributed by atoms with van der Waals surface area (Å²) in [5.74, 6) is 1.54. The second kappa shape index (κ2) is 5.50. The zero-order valence-electron chi connectivity index (χ0n) is 8.77. The number of hydrogen-bond acceptors (Lipinski definition) is 3. The number of benzene rings is 1. The van der Waals surface area contributed by atoms with Gasteiger partial charge >= 0.3 is 6.03 Å². The van der Waals surface area contributed by atoms with Crippen molar-refractivity contribution in [1.29, 1.82) is 0 Å². The van der Waals surface area contributed by atoms with Crippen LogP contribution in [0.2, 0.25) is 0 Å². The second-order valence-corrected chi connectivity index (χ2v) is 3.95. The molecule has 1 aromatic carbocycles. The molecule has 0 saturated heterocycles. The zero-order chi connectivity index (χ0) is 11.3. The summed E-state index contributed by atoms with van der Waals surface area (Å²) in [5.41, 5.74) is 6.02. The van der Waals surface area contributed by atoms with Gasteiger partial charge in [-0.05, 0) is 36.2 Å². The van der Waals surface area contributed by atoms with E-state index in [1.54, 1.807) is 31.4 Å². The molecule has 5 heteroatoms. The van der Waals surface area contributed by atoms with Gasteiger partial charge in [0, 0.05) is 5.75 Å². The van der Waals surface area contributed by atoms with Crippen molar-refractivity contribution >= 4 is 23.7 Å². The predicted molar refractivity (Wildman–Crippen MR) is 63.2 cm³/mol. The van der Waals surface area contributed by atoms with E-state index in [4.69, 9.17) is 10.5 Å². The fourth-order valence-electron chi connectivity index (χ4n) is 1.11. The number of carbonyl (C=O) groups excluding carboxylic acids is 1. The van der Waals surface area contributed by atoms with Crippen molar-refractivity contribution in [3.05, 3.63) is 24.3 Å². The van der Waals surface area contributed by atoms with E-state index in [-0.39, 0.29) is 0 Å². The fraction of sp³-hybridized carbons (Fsp3) is 0.300. The van der Waals surface area contributed by atoms with Crippen LogP contribution in [-0.2, 0) is 0 Å². The average Bonchev–Trinajstić information content (AvgIpc) is 2.26. The SMILES string of the molecule is CCSN(C(N)=O)c1ccc(OC)cc1. The molecule has 15 heavy (non-hydrogen) atoms. The maximum Gasteiger partial charge on any atom is 0.329 e. The van der Waals surface area contributed by atoms with Crippen LogP contribution in [0, 0.1) is 0 Å². The minimum Gasteiger partial charge on any atom is -0.497 e. The molecule has 0 bridgehead atoms. The first-order chi connectivity index (χ1) is 7.19. The van der Waals surface area contributed by atoms with Crippen molar-refractivity contribution in [2.75, 3.05) is 17.2 Å². The molecule has 0 heterocycles. The van der Waals surface area contributed by atoms with Gasteiger partial charge in [-0.25, -0.2) is 9.10 Å². The van der Waals surface area contributed by atoms with Crippen LogP contribution in [0.25, 0.3) is 0 Å². The highest BCUT2D eigenvalue weighted by atomic mass is 32.2. The van der Waals surface area contributed by atoms with Crippen molar-refractivity contribution in [3.8, 4) is 5.75 Å². The van der Waals surface area contributed by atoms with Crippen LogP contribution in [0.3, 0.4) is 0 Å². The summed E-state index contributed by atoms with van der Waals surface area (Å²) in [7, 11) is 1.60. The quantitative estimate of drug-likeness (QED) is 0.801. The van der Waals surface area contributed by atoms with Gasteiger partial charge in [0.25, 0.3) is 0 Å². The lowest BCUT2D eigenvalue weighted by Gasteiger charge is -2.18. The van der Waals surface area contributed by atoms with E-state index in [1.165, 1.54) is 16.3 Å². The van der Waals surface area contributed by atoms with Gasteiger partial charge in [0.15, 0.2) is 0 Å². The van der Waals surface area contributed by atoms with E-state index in [0.29, 0.717) is 0 Å². The van der Waals surface area contributed by atoms with Gasteiger partial charge in [0.1, 0.15) is 5.75 Å². The van der Waals surface area contributed by atoms with Crippen LogP contribution in [-0.4, -0.2) is 18.9 Å². The van der Waals surface area contributed by atoms with Gasteiger partial charge in [-0.2, -0.15) is 0 Å². The van der Waals surface area contributed by atoms with Gasteiger partial charge < -0.3 is 10.5 Å². The number of urea groups is 1. The number of amides is 2. The zero-order valence-corrected chi connectivity index (χ0v) is 9.58. The van der Waals surface area contributed by atoms with E-state index in [0.717, 1.165) is 17.2 Å². The van der Waals surface area contributed by atoms with Gasteiger partial charge in [0.05, 0.1) is 12.8 Å². The van der Waals surface area contributed by atoms with Crippen molar-refractivity contribution in [2.24, 2.45) is 5.73 Å². The summed E-state index contributed by atoms with van der Waals surface area (Å²) < 4.78 is 6.49. The summed E-state index contributed by atoms with van der Waals surface area (Å²) in [6.07, 6.45) is 0. The molecular weight excluding hydrogens is 212 g/mol. The van der Waals surface area contributed by atoms with E-state index in [2.05, 4.69) is 0 Å². The summed E-state index contributed by atoms with van der Waals surface area (Å²) in [6.45, 7) is 1.96. The molecule has 0 aromatic heterocycles. The molecule has 0 atom stereocenters. The molecule has 2 N–H and O–H groups in total. The van der Waals surface area contributed by atoms with Crippen LogP contribution < -0.4 is 14.8 Å². The fourth-order valence-corrected chi connectivity index (χ4v) is 1.77. The molecule has 82 valence electrons. The van der Waals surface area contributed by atoms with E-state index in [9.17, 15) is 4.79 Å². The Morgan fingerprint density at radius 2 is 2.07 bits per heavy atom. The minimum atomic E-state index is -0.466. The maximum absolute atomic E-state index is 11.1. The third-order valence-corrected chi connectivity index (χ3v) is 2.67. The first-order valence-electron chi connectivity index (χ1n) is 4.55. The van der Waals surface area contributed by atoms with Crippen molar-refractivity contribution < 1.29 is 9.53 Å². The Labute approximate surface area is 93.5 Å². The number of hydrogen-bond donors (Lipinski definition) is 1. The lowest BCUT2D eigenvalue weighted by Crippen LogP contribution is -2.29. The summed E-state index contributed by atoms with van der Waals surface area (Å²) in [6, 6.07) is 6.72. The number of anilines is 1. The molecule has 4 nitrogen and oxygen atoms in total. The Bertz CT molecular complexity index is 327. The van der Waals surface area contributed by atoms with E-state index >= 15 is 0 Å². The van der Waals surface area contributed by atoms with Crippen molar-refractivity contribution in [3.63, 3.8) is 0 Å². The molecule has 0 aliphatic carbocycles. The Hall–Kier alpha value is -1.36. The second-order valence-electron chi connectivity index (χ2n) is 2.75. The van der Waals surface area contributed by atoms with Gasteiger partial charge in [-0.15, -0.1) is 0 Å². The summed E-state index contributed by atoms with van der Waals surface area (Å²) in [5, 5.41) is 0. The molecule has 0 unspecified atom stereocenters. The standard InChI is InChI=1S/C10H14N2O2S/c1-3-15-12(10(11)13)8-4-6-9(14-2)7-5-8/h4-7H,3H2,1-2H3,(H2,11,13). The lowest BCUT2D eigenvalue weighted by atomic mass is 10.3. The normalized spacial score (nSPS) is 9.73. The number of primary amides is 1. The third kappa shape index (κ3) is 3.06. The van der Waals surface area contributed by atoms with Crippen LogP contribution in [0.5, 0.6) is 5.75 Å². The van der Waals surface area contributed by atoms with Crippen LogP contribution in [0.1, 0.15) is 6.92 Å². The topological polar surface area (TPSA) is 55.6 Å². The van der Waals surface area contributed by atoms with E-state index < -0.39 is 6.03 Å². The molecule has 1 aromatic rings. The Kier molecular flexibility index (Phi) is 4.30. The molecule has 1 rings (SSSR count). The Morgan fingerprint density at radius 3 is 2.47 bits per heavy atom. The van der Waals surface area contributed by atoms with Gasteiger partial charge in [-0.3, -0.25) is 0 Å². The monoisotopic (exact) mass is 226 g/mol. The number of carbonyl (C=O) groups is 1. The number of methoxy groups -OCH3 is 1. The summed E-state index contributed by atoms with van der Waals surface area (Å²) >= 11 is 1.37. The molecule has 0 fully saturated rings. The predicted octanol–water partition coefficient (Wildman–Crippen LogP) is 2.25. The molecule has 0 aliphatic rings. The van der Waals surface area contributed by atoms with E-state index in [1.807, 2.05) is 6.92 Å². The molecule has 0 spiro atoms. The van der Waals surface area contributed by atoms with Gasteiger partial charge in [-0.1, -0.05) is 6.92 Å². The van der Waals surface area contributed by atoms with Crippen LogP contribution >= 0.6 is 11.9 Å². The maximum atomic E-state index is 11.1. The van der Waals surface area contributed by atoms with Crippen LogP contribution in [0.15, 0.2) is 24.3 Å². The number of ether oxygens (including phenoxy) is 1. The first-order valence-corrected chi connectivity index (χ1v) is 5.49.